The molecule has 2 heterocycles. The lowest BCUT2D eigenvalue weighted by atomic mass is 9.33. The molecular weight excluding hydrogens is 759 g/mol. The molecule has 63 heavy (non-hydrogen) atoms. The van der Waals surface area contributed by atoms with Crippen LogP contribution in [0, 0.1) is 11.3 Å². The van der Waals surface area contributed by atoms with E-state index >= 15 is 0 Å². The molecule has 322 valence electrons. The summed E-state index contributed by atoms with van der Waals surface area (Å²) in [5.41, 5.74) is 18.8. The van der Waals surface area contributed by atoms with Crippen molar-refractivity contribution in [2.45, 2.75) is 131 Å². The van der Waals surface area contributed by atoms with Gasteiger partial charge >= 0.3 is 0 Å². The predicted molar refractivity (Wildman–Crippen MR) is 274 cm³/mol. The molecule has 9 rings (SSSR count). The fourth-order valence-electron chi connectivity index (χ4n) is 10.7. The summed E-state index contributed by atoms with van der Waals surface area (Å²) in [6.07, 6.45) is 16.8. The second kappa shape index (κ2) is 15.2. The van der Waals surface area contributed by atoms with Gasteiger partial charge in [-0.2, -0.15) is 0 Å². The molecule has 2 unspecified atom stereocenters. The Bertz CT molecular complexity index is 2690. The Morgan fingerprint density at radius 3 is 1.65 bits per heavy atom. The monoisotopic (exact) mass is 829 g/mol. The number of nitrogens with zero attached hydrogens (tertiary/aromatic N) is 2. The highest BCUT2D eigenvalue weighted by atomic mass is 15.2. The fourth-order valence-corrected chi connectivity index (χ4v) is 10.7. The summed E-state index contributed by atoms with van der Waals surface area (Å²) in [6.45, 7) is 30.9. The Morgan fingerprint density at radius 2 is 1.06 bits per heavy atom. The number of benzene rings is 5. The van der Waals surface area contributed by atoms with E-state index in [0.29, 0.717) is 5.92 Å². The first-order chi connectivity index (χ1) is 29.7. The first-order valence-corrected chi connectivity index (χ1v) is 23.6. The van der Waals surface area contributed by atoms with Gasteiger partial charge in [-0.25, -0.2) is 0 Å². The molecule has 0 spiro atoms. The van der Waals surface area contributed by atoms with Crippen LogP contribution < -0.4 is 26.2 Å². The number of allylic oxidation sites excluding steroid dienone is 5. The summed E-state index contributed by atoms with van der Waals surface area (Å²) >= 11 is 0. The van der Waals surface area contributed by atoms with Gasteiger partial charge in [0.05, 0.1) is 6.04 Å². The molecule has 0 fully saturated rings. The van der Waals surface area contributed by atoms with E-state index in [-0.39, 0.29) is 39.8 Å². The van der Waals surface area contributed by atoms with Crippen molar-refractivity contribution in [1.82, 2.24) is 0 Å². The summed E-state index contributed by atoms with van der Waals surface area (Å²) < 4.78 is 0. The molecule has 5 aromatic rings. The second-order valence-corrected chi connectivity index (χ2v) is 23.1. The quantitative estimate of drug-likeness (QED) is 0.157. The van der Waals surface area contributed by atoms with Crippen LogP contribution >= 0.6 is 0 Å². The minimum atomic E-state index is -0.187. The molecule has 2 aliphatic carbocycles. The molecule has 5 aromatic carbocycles. The predicted octanol–water partition coefficient (Wildman–Crippen LogP) is 13.8. The van der Waals surface area contributed by atoms with Crippen LogP contribution in [-0.4, -0.2) is 12.8 Å². The van der Waals surface area contributed by atoms with Gasteiger partial charge < -0.3 is 9.80 Å². The van der Waals surface area contributed by atoms with E-state index in [2.05, 4.69) is 245 Å². The van der Waals surface area contributed by atoms with Gasteiger partial charge in [0.25, 0.3) is 6.71 Å². The molecule has 2 atom stereocenters. The maximum absolute atomic E-state index is 2.73. The molecule has 2 nitrogen and oxygen atoms in total. The topological polar surface area (TPSA) is 6.48 Å². The smallest absolute Gasteiger partial charge is 0.252 e. The van der Waals surface area contributed by atoms with Crippen molar-refractivity contribution in [1.29, 1.82) is 0 Å². The van der Waals surface area contributed by atoms with Crippen molar-refractivity contribution in [3.8, 4) is 0 Å². The average Bonchev–Trinajstić information content (AvgIpc) is 3.25. The molecule has 2 aliphatic heterocycles. The van der Waals surface area contributed by atoms with E-state index < -0.39 is 0 Å². The third-order valence-electron chi connectivity index (χ3n) is 15.1. The van der Waals surface area contributed by atoms with E-state index in [0.717, 1.165) is 12.8 Å². The van der Waals surface area contributed by atoms with Gasteiger partial charge in [0.15, 0.2) is 0 Å². The average molecular weight is 829 g/mol. The van der Waals surface area contributed by atoms with Crippen molar-refractivity contribution < 1.29 is 0 Å². The third kappa shape index (κ3) is 7.48. The molecule has 0 aromatic heterocycles. The summed E-state index contributed by atoms with van der Waals surface area (Å²) in [6, 6.07) is 42.3. The van der Waals surface area contributed by atoms with Gasteiger partial charge in [0.2, 0.25) is 0 Å². The molecule has 0 radical (unpaired) electrons. The number of fused-ring (bicyclic) bond motifs is 4. The molecule has 0 saturated heterocycles. The zero-order valence-corrected chi connectivity index (χ0v) is 40.4. The highest BCUT2D eigenvalue weighted by Crippen LogP contribution is 2.47. The van der Waals surface area contributed by atoms with Gasteiger partial charge in [-0.15, -0.1) is 0 Å². The molecule has 0 bridgehead atoms. The minimum absolute atomic E-state index is 0.00186. The van der Waals surface area contributed by atoms with E-state index in [4.69, 9.17) is 0 Å². The van der Waals surface area contributed by atoms with Crippen molar-refractivity contribution >= 4 is 45.9 Å². The lowest BCUT2D eigenvalue weighted by Crippen LogP contribution is -2.63. The molecular formula is C60H69BN2. The first kappa shape index (κ1) is 43.0. The van der Waals surface area contributed by atoms with Crippen molar-refractivity contribution in [3.63, 3.8) is 0 Å². The number of hydrogen-bond donors (Lipinski definition) is 0. The first-order valence-electron chi connectivity index (χ1n) is 23.6. The maximum Gasteiger partial charge on any atom is 0.252 e. The number of anilines is 4. The minimum Gasteiger partial charge on any atom is -0.335 e. The van der Waals surface area contributed by atoms with Crippen molar-refractivity contribution in [3.05, 3.63) is 185 Å². The van der Waals surface area contributed by atoms with E-state index in [1.54, 1.807) is 0 Å². The van der Waals surface area contributed by atoms with Crippen LogP contribution in [0.2, 0.25) is 0 Å². The van der Waals surface area contributed by atoms with E-state index in [1.165, 1.54) is 78.2 Å². The van der Waals surface area contributed by atoms with Gasteiger partial charge in [-0.1, -0.05) is 205 Å². The van der Waals surface area contributed by atoms with Crippen LogP contribution in [0.1, 0.15) is 131 Å². The Balaban J connectivity index is 1.30. The lowest BCUT2D eigenvalue weighted by molar-refractivity contribution is 0.381. The zero-order valence-electron chi connectivity index (χ0n) is 40.4. The molecule has 0 saturated carbocycles. The third-order valence-corrected chi connectivity index (χ3v) is 15.1. The van der Waals surface area contributed by atoms with Crippen LogP contribution in [0.3, 0.4) is 0 Å². The maximum atomic E-state index is 2.73. The number of rotatable bonds is 6. The van der Waals surface area contributed by atoms with Crippen LogP contribution in [-0.2, 0) is 21.7 Å². The van der Waals surface area contributed by atoms with Crippen LogP contribution in [0.5, 0.6) is 0 Å². The molecule has 0 N–H and O–H groups in total. The van der Waals surface area contributed by atoms with Gasteiger partial charge in [-0.05, 0) is 121 Å². The van der Waals surface area contributed by atoms with Gasteiger partial charge in [0.1, 0.15) is 0 Å². The Labute approximate surface area is 380 Å². The van der Waals surface area contributed by atoms with Gasteiger partial charge in [0, 0.05) is 33.9 Å². The molecule has 4 aliphatic rings. The van der Waals surface area contributed by atoms with Crippen molar-refractivity contribution in [2.24, 2.45) is 11.3 Å². The largest absolute Gasteiger partial charge is 0.335 e. The Morgan fingerprint density at radius 1 is 0.476 bits per heavy atom. The Kier molecular flexibility index (Phi) is 10.4. The summed E-state index contributed by atoms with van der Waals surface area (Å²) in [7, 11) is 0. The molecule has 3 heteroatoms. The number of hydrogen-bond acceptors (Lipinski definition) is 2. The fraction of sp³-hybridized carbons (Fsp3) is 0.367. The summed E-state index contributed by atoms with van der Waals surface area (Å²) in [5, 5.41) is 0. The molecule has 0 amide bonds. The van der Waals surface area contributed by atoms with Crippen LogP contribution in [0.25, 0.3) is 0 Å². The Hall–Kier alpha value is -5.28. The summed E-state index contributed by atoms with van der Waals surface area (Å²) in [4.78, 5) is 5.37. The zero-order chi connectivity index (χ0) is 44.9. The van der Waals surface area contributed by atoms with Gasteiger partial charge in [-0.3, -0.25) is 0 Å². The summed E-state index contributed by atoms with van der Waals surface area (Å²) in [5.74, 6) is 0.386. The lowest BCUT2D eigenvalue weighted by Gasteiger charge is -2.48. The van der Waals surface area contributed by atoms with E-state index in [1.807, 2.05) is 0 Å². The van der Waals surface area contributed by atoms with Crippen LogP contribution in [0.15, 0.2) is 157 Å². The SMILES string of the molecule is CC(C)(C)C1=CCC(N2c3ccc(C(C)(C)c4ccccc4)cc3B3c4cc(C(C)(C)C)ccc4N(C4=CCC(C(C)(C)c5ccccc5)C=C4)c4cc(C(C)(C)C)cc2c43)C=C1. The standard InChI is InChI=1S/C60H69BN2/c1-56(2,3)40-24-30-47(31-25-40)62-52-35-29-45(60(12,13)42-22-18-15-19-23-42)37-50(52)61-49-36-44(57(4,5)6)28-34-51(49)63(54-39-46(58(7,8)9)38-53(62)55(54)61)48-32-26-43(27-33-48)59(10,11)41-20-16-14-17-21-41/h14-26,28-30,32-39,43,47H,27,31H2,1-13H3. The van der Waals surface area contributed by atoms with Crippen LogP contribution in [0.4, 0.5) is 22.7 Å². The highest BCUT2D eigenvalue weighted by Gasteiger charge is 2.46. The second-order valence-electron chi connectivity index (χ2n) is 23.1. The highest BCUT2D eigenvalue weighted by molar-refractivity contribution is 7.00. The van der Waals surface area contributed by atoms with E-state index in [9.17, 15) is 0 Å². The normalized spacial score (nSPS) is 18.7. The van der Waals surface area contributed by atoms with Crippen molar-refractivity contribution in [2.75, 3.05) is 9.80 Å².